The van der Waals surface area contributed by atoms with Crippen LogP contribution < -0.4 is 14.9 Å². The zero-order valence-corrected chi connectivity index (χ0v) is 15.0. The summed E-state index contributed by atoms with van der Waals surface area (Å²) in [5.74, 6) is 0.533. The molecule has 0 saturated heterocycles. The monoisotopic (exact) mass is 400 g/mol. The smallest absolute Gasteiger partial charge is 0.407 e. The van der Waals surface area contributed by atoms with E-state index >= 15 is 0 Å². The molecule has 0 fully saturated rings. The van der Waals surface area contributed by atoms with Gasteiger partial charge in [-0.15, -0.1) is 0 Å². The molecule has 152 valence electrons. The van der Waals surface area contributed by atoms with Crippen LogP contribution in [-0.4, -0.2) is 49.7 Å². The number of ether oxygens (including phenoxy) is 2. The molecule has 0 unspecified atom stereocenters. The van der Waals surface area contributed by atoms with Gasteiger partial charge < -0.3 is 25.1 Å². The number of halogens is 3. The Hall–Kier alpha value is -3.43. The number of nitrogens with one attached hydrogen (secondary N) is 1. The first-order chi connectivity index (χ1) is 13.2. The Labute approximate surface area is 159 Å². The van der Waals surface area contributed by atoms with Crippen LogP contribution in [0.25, 0.3) is 0 Å². The number of alkyl halides is 3. The van der Waals surface area contributed by atoms with E-state index in [0.29, 0.717) is 23.2 Å². The highest BCUT2D eigenvalue weighted by molar-refractivity contribution is 5.80. The van der Waals surface area contributed by atoms with Gasteiger partial charge in [0, 0.05) is 5.56 Å². The van der Waals surface area contributed by atoms with Crippen molar-refractivity contribution >= 4 is 12.5 Å². The van der Waals surface area contributed by atoms with E-state index in [1.807, 2.05) is 5.43 Å². The summed E-state index contributed by atoms with van der Waals surface area (Å²) in [4.78, 5) is 10.2. The van der Waals surface area contributed by atoms with Crippen LogP contribution in [0.1, 0.15) is 15.9 Å². The summed E-state index contributed by atoms with van der Waals surface area (Å²) in [5, 5.41) is 21.8. The molecule has 28 heavy (non-hydrogen) atoms. The molecule has 2 aromatic rings. The number of rotatable bonds is 6. The average molecular weight is 400 g/mol. The van der Waals surface area contributed by atoms with E-state index in [4.69, 9.17) is 14.6 Å². The Balaban J connectivity index is 0.000000307. The molecule has 0 aliphatic rings. The van der Waals surface area contributed by atoms with E-state index in [0.717, 1.165) is 0 Å². The predicted molar refractivity (Wildman–Crippen MR) is 96.4 cm³/mol. The normalized spacial score (nSPS) is 10.8. The molecule has 3 N–H and O–H groups in total. The topological polar surface area (TPSA) is 100 Å². The van der Waals surface area contributed by atoms with Gasteiger partial charge in [0.1, 0.15) is 12.8 Å². The fourth-order valence-corrected chi connectivity index (χ4v) is 1.80. The summed E-state index contributed by atoms with van der Waals surface area (Å²) in [6.07, 6.45) is -2.40. The van der Waals surface area contributed by atoms with Gasteiger partial charge in [-0.3, -0.25) is 4.79 Å². The number of hydrazone groups is 1. The summed E-state index contributed by atoms with van der Waals surface area (Å²) in [6, 6.07) is 8.73. The number of hydrogen-bond acceptors (Lipinski definition) is 7. The number of benzene rings is 2. The Bertz CT molecular complexity index is 810. The van der Waals surface area contributed by atoms with Crippen molar-refractivity contribution in [1.82, 2.24) is 5.43 Å². The molecular weight excluding hydrogens is 381 g/mol. The second kappa shape index (κ2) is 10.7. The number of aldehydes is 1. The van der Waals surface area contributed by atoms with Crippen molar-refractivity contribution in [3.8, 4) is 23.0 Å². The van der Waals surface area contributed by atoms with Gasteiger partial charge in [0.2, 0.25) is 0 Å². The number of carbonyl (C=O) groups excluding carboxylic acids is 1. The van der Waals surface area contributed by atoms with E-state index in [1.54, 1.807) is 0 Å². The fraction of sp³-hybridized carbons (Fsp3) is 0.222. The van der Waals surface area contributed by atoms with Crippen LogP contribution in [0.2, 0.25) is 0 Å². The molecule has 0 aromatic heterocycles. The lowest BCUT2D eigenvalue weighted by atomic mass is 10.2. The highest BCUT2D eigenvalue weighted by atomic mass is 19.4. The molecule has 2 rings (SSSR count). The first kappa shape index (κ1) is 22.6. The molecule has 0 aliphatic carbocycles. The second-order valence-electron chi connectivity index (χ2n) is 5.19. The van der Waals surface area contributed by atoms with Gasteiger partial charge >= 0.3 is 6.18 Å². The van der Waals surface area contributed by atoms with Gasteiger partial charge in [0.25, 0.3) is 0 Å². The third-order valence-electron chi connectivity index (χ3n) is 3.13. The summed E-state index contributed by atoms with van der Waals surface area (Å²) in [5.41, 5.74) is 2.86. The summed E-state index contributed by atoms with van der Waals surface area (Å²) >= 11 is 0. The molecule has 10 heteroatoms. The third-order valence-corrected chi connectivity index (χ3v) is 3.13. The molecule has 0 aliphatic heterocycles. The summed E-state index contributed by atoms with van der Waals surface area (Å²) in [7, 11) is 2.81. The summed E-state index contributed by atoms with van der Waals surface area (Å²) < 4.78 is 44.9. The molecule has 2 aromatic carbocycles. The number of carbonyl (C=O) groups is 1. The first-order valence-corrected chi connectivity index (χ1v) is 7.72. The van der Waals surface area contributed by atoms with Crippen molar-refractivity contribution < 1.29 is 37.7 Å². The maximum atomic E-state index is 11.8. The minimum Gasteiger partial charge on any atom is -0.504 e. The van der Waals surface area contributed by atoms with Crippen molar-refractivity contribution in [2.45, 2.75) is 6.18 Å². The van der Waals surface area contributed by atoms with E-state index in [2.05, 4.69) is 5.10 Å². The fourth-order valence-electron chi connectivity index (χ4n) is 1.80. The summed E-state index contributed by atoms with van der Waals surface area (Å²) in [6.45, 7) is -1.20. The molecule has 0 heterocycles. The van der Waals surface area contributed by atoms with Gasteiger partial charge in [0.15, 0.2) is 23.0 Å². The highest BCUT2D eigenvalue weighted by Gasteiger charge is 2.26. The zero-order chi connectivity index (χ0) is 21.2. The van der Waals surface area contributed by atoms with E-state index in [9.17, 15) is 23.1 Å². The number of aromatic hydroxyl groups is 2. The standard InChI is InChI=1S/C10H11F3N2O2.C8H8O3/c1-17-9-4-7(2-3-8(9)16)5-14-15-6-10(11,12)13;1-11-8-4-6(5-9)2-3-7(8)10/h2-5,15-16H,6H2,1H3;2-5,10H,1H3/b14-5+;. The third kappa shape index (κ3) is 7.85. The van der Waals surface area contributed by atoms with Crippen LogP contribution in [0.4, 0.5) is 13.2 Å². The Morgan fingerprint density at radius 2 is 1.50 bits per heavy atom. The average Bonchev–Trinajstić information content (AvgIpc) is 2.66. The Morgan fingerprint density at radius 1 is 1.00 bits per heavy atom. The number of phenolic OH excluding ortho intramolecular Hbond substituents is 2. The van der Waals surface area contributed by atoms with Crippen LogP contribution in [0.3, 0.4) is 0 Å². The molecule has 0 saturated carbocycles. The van der Waals surface area contributed by atoms with E-state index in [1.165, 1.54) is 56.8 Å². The molecule has 0 spiro atoms. The quantitative estimate of drug-likeness (QED) is 0.391. The first-order valence-electron chi connectivity index (χ1n) is 7.72. The molecule has 0 radical (unpaired) electrons. The lowest BCUT2D eigenvalue weighted by Gasteiger charge is -2.05. The van der Waals surface area contributed by atoms with Gasteiger partial charge in [-0.05, 0) is 42.0 Å². The number of nitrogens with zero attached hydrogens (tertiary/aromatic N) is 1. The van der Waals surface area contributed by atoms with Crippen LogP contribution in [0, 0.1) is 0 Å². The molecule has 0 atom stereocenters. The van der Waals surface area contributed by atoms with Crippen LogP contribution in [0.5, 0.6) is 23.0 Å². The minimum atomic E-state index is -4.30. The van der Waals surface area contributed by atoms with Gasteiger partial charge in [-0.2, -0.15) is 18.3 Å². The van der Waals surface area contributed by atoms with Crippen molar-refractivity contribution in [2.24, 2.45) is 5.10 Å². The molecular formula is C18H19F3N2O5. The number of phenols is 2. The number of hydrogen-bond donors (Lipinski definition) is 3. The highest BCUT2D eigenvalue weighted by Crippen LogP contribution is 2.26. The minimum absolute atomic E-state index is 0.0399. The van der Waals surface area contributed by atoms with Crippen molar-refractivity contribution in [3.63, 3.8) is 0 Å². The van der Waals surface area contributed by atoms with E-state index in [-0.39, 0.29) is 17.2 Å². The molecule has 0 amide bonds. The Kier molecular flexibility index (Phi) is 8.60. The van der Waals surface area contributed by atoms with Gasteiger partial charge in [0.05, 0.1) is 20.4 Å². The maximum absolute atomic E-state index is 11.8. The van der Waals surface area contributed by atoms with Crippen molar-refractivity contribution in [3.05, 3.63) is 47.5 Å². The van der Waals surface area contributed by atoms with Crippen molar-refractivity contribution in [1.29, 1.82) is 0 Å². The van der Waals surface area contributed by atoms with Gasteiger partial charge in [-0.25, -0.2) is 0 Å². The zero-order valence-electron chi connectivity index (χ0n) is 15.0. The largest absolute Gasteiger partial charge is 0.504 e. The van der Waals surface area contributed by atoms with Gasteiger partial charge in [-0.1, -0.05) is 0 Å². The maximum Gasteiger partial charge on any atom is 0.407 e. The number of methoxy groups -OCH3 is 2. The van der Waals surface area contributed by atoms with E-state index < -0.39 is 12.7 Å². The van der Waals surface area contributed by atoms with Crippen molar-refractivity contribution in [2.75, 3.05) is 20.8 Å². The lowest BCUT2D eigenvalue weighted by Crippen LogP contribution is -2.24. The predicted octanol–water partition coefficient (Wildman–Crippen LogP) is 3.10. The van der Waals surface area contributed by atoms with Crippen LogP contribution in [-0.2, 0) is 0 Å². The van der Waals surface area contributed by atoms with Crippen LogP contribution in [0.15, 0.2) is 41.5 Å². The molecule has 7 nitrogen and oxygen atoms in total. The molecule has 0 bridgehead atoms. The van der Waals surface area contributed by atoms with Crippen LogP contribution >= 0.6 is 0 Å². The second-order valence-corrected chi connectivity index (χ2v) is 5.19. The Morgan fingerprint density at radius 3 is 1.96 bits per heavy atom. The SMILES string of the molecule is COc1cc(/C=N/NCC(F)(F)F)ccc1O.COc1cc(C=O)ccc1O. The lowest BCUT2D eigenvalue weighted by molar-refractivity contribution is -0.124.